The molecule has 2 aliphatic heterocycles. The number of nitrogens with zero attached hydrogens (tertiary/aromatic N) is 2. The smallest absolute Gasteiger partial charge is 0.328 e. The molecule has 0 radical (unpaired) electrons. The van der Waals surface area contributed by atoms with Gasteiger partial charge in [0.25, 0.3) is 0 Å². The molecule has 248 valence electrons. The minimum Gasteiger partial charge on any atom is -0.466 e. The minimum atomic E-state index is -4.20. The maximum absolute atomic E-state index is 14.4. The van der Waals surface area contributed by atoms with E-state index in [9.17, 15) is 22.8 Å². The molecule has 5 rings (SSSR count). The fraction of sp³-hybridized carbons (Fsp3) is 0.515. The third-order valence-corrected chi connectivity index (χ3v) is 11.1. The molecule has 0 bridgehead atoms. The summed E-state index contributed by atoms with van der Waals surface area (Å²) >= 11 is 1.40. The molecule has 3 heterocycles. The first-order valence-corrected chi connectivity index (χ1v) is 18.0. The Morgan fingerprint density at radius 2 is 1.93 bits per heavy atom. The van der Waals surface area contributed by atoms with Crippen molar-refractivity contribution in [2.24, 2.45) is 11.3 Å². The lowest BCUT2D eigenvalue weighted by Crippen LogP contribution is -2.57. The van der Waals surface area contributed by atoms with Crippen molar-refractivity contribution >= 4 is 55.1 Å². The van der Waals surface area contributed by atoms with Crippen LogP contribution in [0.2, 0.25) is 0 Å². The predicted octanol–water partition coefficient (Wildman–Crippen LogP) is 4.30. The number of ether oxygens (including phenoxy) is 2. The van der Waals surface area contributed by atoms with E-state index in [-0.39, 0.29) is 48.4 Å². The number of fused-ring (bicyclic) bond motifs is 2. The number of benzene rings is 2. The highest BCUT2D eigenvalue weighted by molar-refractivity contribution is 7.89. The summed E-state index contributed by atoms with van der Waals surface area (Å²) in [6.45, 7) is 8.47. The van der Waals surface area contributed by atoms with Crippen LogP contribution in [0.25, 0.3) is 10.2 Å². The lowest BCUT2D eigenvalue weighted by atomic mass is 9.82. The third kappa shape index (κ3) is 7.87. The van der Waals surface area contributed by atoms with Crippen LogP contribution in [0.4, 0.5) is 5.69 Å². The van der Waals surface area contributed by atoms with Crippen LogP contribution in [-0.4, -0.2) is 74.5 Å². The maximum Gasteiger partial charge on any atom is 0.328 e. The number of hydrogen-bond donors (Lipinski definition) is 2. The molecule has 0 saturated carbocycles. The summed E-state index contributed by atoms with van der Waals surface area (Å²) < 4.78 is 42.3. The molecule has 0 unspecified atom stereocenters. The van der Waals surface area contributed by atoms with Gasteiger partial charge in [0, 0.05) is 26.4 Å². The van der Waals surface area contributed by atoms with Gasteiger partial charge in [-0.05, 0) is 67.7 Å². The van der Waals surface area contributed by atoms with Gasteiger partial charge in [-0.3, -0.25) is 9.59 Å². The van der Waals surface area contributed by atoms with Crippen molar-refractivity contribution in [2.45, 2.75) is 76.8 Å². The highest BCUT2D eigenvalue weighted by Crippen LogP contribution is 2.36. The Morgan fingerprint density at radius 1 is 1.15 bits per heavy atom. The van der Waals surface area contributed by atoms with Crippen LogP contribution >= 0.6 is 11.3 Å². The Labute approximate surface area is 274 Å². The summed E-state index contributed by atoms with van der Waals surface area (Å²) in [5, 5.41) is 3.91. The van der Waals surface area contributed by atoms with Crippen molar-refractivity contribution in [3.8, 4) is 0 Å². The van der Waals surface area contributed by atoms with Crippen LogP contribution in [0.5, 0.6) is 0 Å². The number of sulfonamides is 1. The average molecular weight is 671 g/mol. The number of para-hydroxylation sites is 2. The van der Waals surface area contributed by atoms with Crippen molar-refractivity contribution in [1.29, 1.82) is 0 Å². The van der Waals surface area contributed by atoms with Gasteiger partial charge in [-0.1, -0.05) is 38.1 Å². The molecular weight excluding hydrogens is 629 g/mol. The lowest BCUT2D eigenvalue weighted by molar-refractivity contribution is -0.158. The van der Waals surface area contributed by atoms with Crippen LogP contribution in [0.1, 0.15) is 57.5 Å². The number of esters is 2. The number of likely N-dealkylation sites (tertiary alicyclic amines) is 1. The van der Waals surface area contributed by atoms with Gasteiger partial charge < -0.3 is 19.7 Å². The van der Waals surface area contributed by atoms with Gasteiger partial charge in [-0.15, -0.1) is 11.3 Å². The summed E-state index contributed by atoms with van der Waals surface area (Å²) in [4.78, 5) is 45.1. The second-order valence-electron chi connectivity index (χ2n) is 12.8. The summed E-state index contributed by atoms with van der Waals surface area (Å²) in [6.07, 6.45) is 2.14. The number of piperidine rings is 1. The molecule has 3 aromatic rings. The van der Waals surface area contributed by atoms with Crippen molar-refractivity contribution in [2.75, 3.05) is 31.6 Å². The van der Waals surface area contributed by atoms with E-state index >= 15 is 0 Å². The first kappa shape index (κ1) is 33.8. The number of hydrogen-bond acceptors (Lipinski definition) is 10. The summed E-state index contributed by atoms with van der Waals surface area (Å²) in [5.41, 5.74) is 2.16. The van der Waals surface area contributed by atoms with Crippen LogP contribution in [0.3, 0.4) is 0 Å². The van der Waals surface area contributed by atoms with E-state index in [4.69, 9.17) is 9.47 Å². The van der Waals surface area contributed by atoms with Crippen LogP contribution < -0.4 is 10.0 Å². The molecule has 3 atom stereocenters. The number of carbonyl (C=O) groups excluding carboxylic acids is 3. The van der Waals surface area contributed by atoms with E-state index in [1.54, 1.807) is 19.1 Å². The molecular formula is C33H42N4O7S2. The lowest BCUT2D eigenvalue weighted by Gasteiger charge is -2.39. The van der Waals surface area contributed by atoms with E-state index in [0.29, 0.717) is 42.9 Å². The zero-order valence-corrected chi connectivity index (χ0v) is 28.3. The van der Waals surface area contributed by atoms with E-state index in [1.165, 1.54) is 23.2 Å². The Bertz CT molecular complexity index is 1670. The number of anilines is 1. The molecule has 1 fully saturated rings. The number of aromatic nitrogens is 1. The summed E-state index contributed by atoms with van der Waals surface area (Å²) in [6, 6.07) is 10.6. The molecule has 13 heteroatoms. The fourth-order valence-corrected chi connectivity index (χ4v) is 8.69. The molecule has 2 aliphatic rings. The molecule has 1 amide bonds. The standard InChI is InChI=1S/C33H42N4O7S2/c1-5-43-32(40)26-17-22(14-16-44-21(2)38)13-15-37(26)31(39)25(18-29-35-24-10-6-7-11-27(24)45-29)36-46(41,42)28-12-8-9-23-19-33(3,4)20-34-30(23)28/h6-12,22,25-26,34,36H,5,13-20H2,1-4H3/t22-,25+,26+/m1/s1. The molecule has 1 aromatic heterocycles. The van der Waals surface area contributed by atoms with E-state index in [1.807, 2.05) is 30.3 Å². The topological polar surface area (TPSA) is 144 Å². The highest BCUT2D eigenvalue weighted by atomic mass is 32.2. The van der Waals surface area contributed by atoms with Gasteiger partial charge in [0.05, 0.1) is 34.1 Å². The molecule has 11 nitrogen and oxygen atoms in total. The Morgan fingerprint density at radius 3 is 2.67 bits per heavy atom. The Hall–Kier alpha value is -3.55. The van der Waals surface area contributed by atoms with Gasteiger partial charge in [-0.25, -0.2) is 18.2 Å². The quantitative estimate of drug-likeness (QED) is 0.285. The number of thiazole rings is 1. The molecule has 2 N–H and O–H groups in total. The van der Waals surface area contributed by atoms with Gasteiger partial charge in [-0.2, -0.15) is 4.72 Å². The van der Waals surface area contributed by atoms with Crippen molar-refractivity contribution < 1.29 is 32.3 Å². The van der Waals surface area contributed by atoms with Crippen molar-refractivity contribution in [3.63, 3.8) is 0 Å². The van der Waals surface area contributed by atoms with Crippen molar-refractivity contribution in [3.05, 3.63) is 53.0 Å². The number of nitrogens with one attached hydrogen (secondary N) is 2. The van der Waals surface area contributed by atoms with E-state index < -0.39 is 34.0 Å². The number of carbonyl (C=O) groups is 3. The summed E-state index contributed by atoms with van der Waals surface area (Å²) in [7, 11) is -4.20. The van der Waals surface area contributed by atoms with Gasteiger partial charge in [0.1, 0.15) is 17.0 Å². The maximum atomic E-state index is 14.4. The predicted molar refractivity (Wildman–Crippen MR) is 176 cm³/mol. The van der Waals surface area contributed by atoms with Crippen LogP contribution in [0, 0.1) is 11.3 Å². The van der Waals surface area contributed by atoms with E-state index in [0.717, 1.165) is 15.8 Å². The van der Waals surface area contributed by atoms with Gasteiger partial charge in [0.15, 0.2) is 0 Å². The second-order valence-corrected chi connectivity index (χ2v) is 15.6. The monoisotopic (exact) mass is 670 g/mol. The molecule has 1 saturated heterocycles. The van der Waals surface area contributed by atoms with Crippen LogP contribution in [-0.2, 0) is 46.7 Å². The second kappa shape index (κ2) is 14.1. The van der Waals surface area contributed by atoms with E-state index in [2.05, 4.69) is 28.9 Å². The molecule has 0 spiro atoms. The Kier molecular flexibility index (Phi) is 10.3. The number of amides is 1. The van der Waals surface area contributed by atoms with Gasteiger partial charge in [0.2, 0.25) is 15.9 Å². The normalized spacial score (nSPS) is 20.0. The first-order valence-electron chi connectivity index (χ1n) is 15.7. The first-order chi connectivity index (χ1) is 21.9. The zero-order valence-electron chi connectivity index (χ0n) is 26.7. The third-order valence-electron chi connectivity index (χ3n) is 8.51. The molecule has 0 aliphatic carbocycles. The Balaban J connectivity index is 1.46. The molecule has 46 heavy (non-hydrogen) atoms. The van der Waals surface area contributed by atoms with Crippen LogP contribution in [0.15, 0.2) is 47.4 Å². The summed E-state index contributed by atoms with van der Waals surface area (Å²) in [5.74, 6) is -1.42. The van der Waals surface area contributed by atoms with Gasteiger partial charge >= 0.3 is 11.9 Å². The zero-order chi connectivity index (χ0) is 33.1. The molecule has 2 aromatic carbocycles. The van der Waals surface area contributed by atoms with Crippen molar-refractivity contribution in [1.82, 2.24) is 14.6 Å². The average Bonchev–Trinajstić information content (AvgIpc) is 3.42. The minimum absolute atomic E-state index is 0.00875. The SMILES string of the molecule is CCOC(=O)[C@@H]1C[C@@H](CCOC(C)=O)CCN1C(=O)[C@H](Cc1nc2ccccc2s1)NS(=O)(=O)c1cccc2c1NCC(C)(C)C2. The number of rotatable bonds is 11. The fourth-order valence-electron chi connectivity index (χ4n) is 6.26. The largest absolute Gasteiger partial charge is 0.466 e. The highest BCUT2D eigenvalue weighted by Gasteiger charge is 2.41.